The summed E-state index contributed by atoms with van der Waals surface area (Å²) in [6.07, 6.45) is 3.04. The first-order valence-electron chi connectivity index (χ1n) is 6.70. The van der Waals surface area contributed by atoms with Crippen molar-refractivity contribution in [2.24, 2.45) is 0 Å². The summed E-state index contributed by atoms with van der Waals surface area (Å²) >= 11 is 0. The molecule has 1 aromatic carbocycles. The fraction of sp³-hybridized carbons (Fsp3) is 0.533. The highest BCUT2D eigenvalue weighted by molar-refractivity contribution is 5.73. The molecule has 1 aromatic rings. The third-order valence-electron chi connectivity index (χ3n) is 3.69. The first-order chi connectivity index (χ1) is 8.60. The van der Waals surface area contributed by atoms with Gasteiger partial charge in [-0.1, -0.05) is 32.0 Å². The van der Waals surface area contributed by atoms with E-state index < -0.39 is 0 Å². The van der Waals surface area contributed by atoms with Crippen LogP contribution in [0.3, 0.4) is 0 Å². The molecule has 0 aliphatic heterocycles. The standard InChI is InChI=1S/C15H22N2O/c1-10(2)11-4-5-13-9-14(17-15(18)16-3)7-6-12(13)8-11/h4-5,8,10,14H,6-7,9H2,1-3H3,(H2,16,17,18). The number of aryl methyl sites for hydroxylation is 1. The number of urea groups is 1. The number of carbonyl (C=O) groups is 1. The summed E-state index contributed by atoms with van der Waals surface area (Å²) < 4.78 is 0. The van der Waals surface area contributed by atoms with Gasteiger partial charge in [0.25, 0.3) is 0 Å². The van der Waals surface area contributed by atoms with Gasteiger partial charge in [0, 0.05) is 13.1 Å². The maximum atomic E-state index is 11.3. The molecule has 2 N–H and O–H groups in total. The summed E-state index contributed by atoms with van der Waals surface area (Å²) in [5.41, 5.74) is 4.25. The van der Waals surface area contributed by atoms with Crippen LogP contribution in [0.25, 0.3) is 0 Å². The SMILES string of the molecule is CNC(=O)NC1CCc2cc(C(C)C)ccc2C1. The minimum absolute atomic E-state index is 0.0812. The van der Waals surface area contributed by atoms with Gasteiger partial charge in [0.2, 0.25) is 0 Å². The molecule has 1 aliphatic rings. The zero-order chi connectivity index (χ0) is 13.1. The summed E-state index contributed by atoms with van der Waals surface area (Å²) in [5, 5.41) is 5.61. The summed E-state index contributed by atoms with van der Waals surface area (Å²) in [6.45, 7) is 4.45. The second kappa shape index (κ2) is 5.42. The van der Waals surface area contributed by atoms with Gasteiger partial charge in [-0.25, -0.2) is 4.79 Å². The van der Waals surface area contributed by atoms with E-state index in [1.165, 1.54) is 16.7 Å². The fourth-order valence-corrected chi connectivity index (χ4v) is 2.51. The van der Waals surface area contributed by atoms with Crippen LogP contribution in [0.5, 0.6) is 0 Å². The zero-order valence-electron chi connectivity index (χ0n) is 11.4. The third-order valence-corrected chi connectivity index (χ3v) is 3.69. The smallest absolute Gasteiger partial charge is 0.314 e. The van der Waals surface area contributed by atoms with E-state index in [2.05, 4.69) is 42.7 Å². The lowest BCUT2D eigenvalue weighted by molar-refractivity contribution is 0.237. The minimum Gasteiger partial charge on any atom is -0.341 e. The average Bonchev–Trinajstić information content (AvgIpc) is 2.37. The van der Waals surface area contributed by atoms with Crippen LogP contribution in [0.15, 0.2) is 18.2 Å². The number of fused-ring (bicyclic) bond motifs is 1. The van der Waals surface area contributed by atoms with Gasteiger partial charge in [-0.15, -0.1) is 0 Å². The van der Waals surface area contributed by atoms with E-state index in [1.54, 1.807) is 7.05 Å². The number of benzene rings is 1. The Hall–Kier alpha value is -1.51. The van der Waals surface area contributed by atoms with E-state index in [-0.39, 0.29) is 12.1 Å². The molecule has 0 aromatic heterocycles. The van der Waals surface area contributed by atoms with Crippen molar-refractivity contribution in [3.63, 3.8) is 0 Å². The van der Waals surface area contributed by atoms with Crippen molar-refractivity contribution in [3.05, 3.63) is 34.9 Å². The molecule has 98 valence electrons. The molecule has 1 atom stereocenters. The first kappa shape index (κ1) is 12.9. The number of hydrogen-bond donors (Lipinski definition) is 2. The van der Waals surface area contributed by atoms with Crippen LogP contribution < -0.4 is 10.6 Å². The number of hydrogen-bond acceptors (Lipinski definition) is 1. The van der Waals surface area contributed by atoms with Crippen molar-refractivity contribution in [1.82, 2.24) is 10.6 Å². The Morgan fingerprint density at radius 1 is 1.33 bits per heavy atom. The van der Waals surface area contributed by atoms with Crippen LogP contribution in [0, 0.1) is 0 Å². The molecule has 0 saturated heterocycles. The van der Waals surface area contributed by atoms with Gasteiger partial charge in [-0.2, -0.15) is 0 Å². The largest absolute Gasteiger partial charge is 0.341 e. The van der Waals surface area contributed by atoms with Crippen molar-refractivity contribution in [2.75, 3.05) is 7.05 Å². The highest BCUT2D eigenvalue weighted by atomic mass is 16.2. The van der Waals surface area contributed by atoms with Crippen molar-refractivity contribution >= 4 is 6.03 Å². The summed E-state index contributed by atoms with van der Waals surface area (Å²) in [7, 11) is 1.65. The molecule has 2 amide bonds. The highest BCUT2D eigenvalue weighted by Gasteiger charge is 2.20. The molecule has 0 saturated carbocycles. The quantitative estimate of drug-likeness (QED) is 0.827. The van der Waals surface area contributed by atoms with Gasteiger partial charge in [-0.3, -0.25) is 0 Å². The van der Waals surface area contributed by atoms with E-state index in [0.717, 1.165) is 19.3 Å². The van der Waals surface area contributed by atoms with E-state index in [0.29, 0.717) is 5.92 Å². The van der Waals surface area contributed by atoms with Crippen LogP contribution in [0.1, 0.15) is 42.9 Å². The Labute approximate surface area is 109 Å². The van der Waals surface area contributed by atoms with Crippen molar-refractivity contribution in [2.45, 2.75) is 45.1 Å². The highest BCUT2D eigenvalue weighted by Crippen LogP contribution is 2.25. The van der Waals surface area contributed by atoms with Crippen molar-refractivity contribution in [3.8, 4) is 0 Å². The number of rotatable bonds is 2. The molecule has 0 spiro atoms. The maximum absolute atomic E-state index is 11.3. The molecule has 2 rings (SSSR count). The Morgan fingerprint density at radius 2 is 2.11 bits per heavy atom. The molecule has 18 heavy (non-hydrogen) atoms. The van der Waals surface area contributed by atoms with E-state index in [1.807, 2.05) is 0 Å². The molecule has 0 bridgehead atoms. The molecular formula is C15H22N2O. The van der Waals surface area contributed by atoms with Gasteiger partial charge in [0.15, 0.2) is 0 Å². The number of amides is 2. The van der Waals surface area contributed by atoms with Gasteiger partial charge in [0.1, 0.15) is 0 Å². The summed E-state index contributed by atoms with van der Waals surface area (Å²) in [6, 6.07) is 6.95. The van der Waals surface area contributed by atoms with Crippen LogP contribution in [-0.4, -0.2) is 19.1 Å². The monoisotopic (exact) mass is 246 g/mol. The Balaban J connectivity index is 2.08. The average molecular weight is 246 g/mol. The lowest BCUT2D eigenvalue weighted by Gasteiger charge is -2.26. The van der Waals surface area contributed by atoms with E-state index in [9.17, 15) is 4.79 Å². The van der Waals surface area contributed by atoms with Crippen LogP contribution in [0.2, 0.25) is 0 Å². The first-order valence-corrected chi connectivity index (χ1v) is 6.70. The second-order valence-corrected chi connectivity index (χ2v) is 5.35. The summed E-state index contributed by atoms with van der Waals surface area (Å²) in [4.78, 5) is 11.3. The minimum atomic E-state index is -0.0812. The zero-order valence-corrected chi connectivity index (χ0v) is 11.4. The molecule has 3 nitrogen and oxygen atoms in total. The molecule has 1 aliphatic carbocycles. The Kier molecular flexibility index (Phi) is 3.90. The topological polar surface area (TPSA) is 41.1 Å². The Bertz CT molecular complexity index is 440. The molecule has 0 fully saturated rings. The molecule has 0 heterocycles. The van der Waals surface area contributed by atoms with E-state index in [4.69, 9.17) is 0 Å². The lowest BCUT2D eigenvalue weighted by Crippen LogP contribution is -2.43. The maximum Gasteiger partial charge on any atom is 0.314 e. The van der Waals surface area contributed by atoms with Gasteiger partial charge < -0.3 is 10.6 Å². The van der Waals surface area contributed by atoms with Crippen molar-refractivity contribution < 1.29 is 4.79 Å². The van der Waals surface area contributed by atoms with Gasteiger partial charge >= 0.3 is 6.03 Å². The summed E-state index contributed by atoms with van der Waals surface area (Å²) in [5.74, 6) is 0.581. The Morgan fingerprint density at radius 3 is 2.78 bits per heavy atom. The number of carbonyl (C=O) groups excluding carboxylic acids is 1. The normalized spacial score (nSPS) is 18.3. The molecule has 1 unspecified atom stereocenters. The van der Waals surface area contributed by atoms with Crippen LogP contribution in [0.4, 0.5) is 4.79 Å². The van der Waals surface area contributed by atoms with Crippen LogP contribution >= 0.6 is 0 Å². The predicted molar refractivity (Wildman–Crippen MR) is 73.9 cm³/mol. The molecular weight excluding hydrogens is 224 g/mol. The van der Waals surface area contributed by atoms with Gasteiger partial charge in [0.05, 0.1) is 0 Å². The molecule has 0 radical (unpaired) electrons. The predicted octanol–water partition coefficient (Wildman–Crippen LogP) is 2.60. The third kappa shape index (κ3) is 2.84. The van der Waals surface area contributed by atoms with Crippen LogP contribution in [-0.2, 0) is 12.8 Å². The lowest BCUT2D eigenvalue weighted by atomic mass is 9.86. The van der Waals surface area contributed by atoms with Crippen molar-refractivity contribution in [1.29, 1.82) is 0 Å². The molecule has 3 heteroatoms. The second-order valence-electron chi connectivity index (χ2n) is 5.35. The van der Waals surface area contributed by atoms with Gasteiger partial charge in [-0.05, 0) is 41.9 Å². The van der Waals surface area contributed by atoms with E-state index >= 15 is 0 Å². The number of nitrogens with one attached hydrogen (secondary N) is 2. The fourth-order valence-electron chi connectivity index (χ4n) is 2.51.